The maximum Gasteiger partial charge on any atom is 0.235 e. The van der Waals surface area contributed by atoms with Crippen molar-refractivity contribution in [2.75, 3.05) is 25.3 Å². The highest BCUT2D eigenvalue weighted by molar-refractivity contribution is 8.00. The maximum atomic E-state index is 12.4. The van der Waals surface area contributed by atoms with Gasteiger partial charge in [0.15, 0.2) is 0 Å². The van der Waals surface area contributed by atoms with E-state index >= 15 is 0 Å². The minimum absolute atomic E-state index is 0.0175. The van der Waals surface area contributed by atoms with Crippen LogP contribution in [0.15, 0.2) is 48.5 Å². The minimum atomic E-state index is -0.0358. The first kappa shape index (κ1) is 18.4. The molecule has 0 saturated heterocycles. The summed E-state index contributed by atoms with van der Waals surface area (Å²) in [5.74, 6) is 2.62. The summed E-state index contributed by atoms with van der Waals surface area (Å²) in [6.45, 7) is 1.98. The van der Waals surface area contributed by atoms with E-state index in [1.807, 2.05) is 49.4 Å². The Morgan fingerprint density at radius 3 is 2.57 bits per heavy atom. The number of methoxy groups -OCH3 is 2. The van der Waals surface area contributed by atoms with E-state index in [9.17, 15) is 4.79 Å². The Morgan fingerprint density at radius 2 is 1.86 bits per heavy atom. The predicted octanol–water partition coefficient (Wildman–Crippen LogP) is 3.97. The van der Waals surface area contributed by atoms with Gasteiger partial charge >= 0.3 is 0 Å². The molecule has 6 nitrogen and oxygen atoms in total. The average Bonchev–Trinajstić information content (AvgIpc) is 2.93. The van der Waals surface area contributed by atoms with Crippen LogP contribution < -0.4 is 14.8 Å². The van der Waals surface area contributed by atoms with Gasteiger partial charge in [0.25, 0.3) is 0 Å². The summed E-state index contributed by atoms with van der Waals surface area (Å²) in [6.07, 6.45) is 0. The molecule has 1 amide bonds. The number of benzene rings is 2. The van der Waals surface area contributed by atoms with Crippen LogP contribution in [0.3, 0.4) is 0 Å². The van der Waals surface area contributed by atoms with E-state index in [1.165, 1.54) is 0 Å². The van der Waals surface area contributed by atoms with Gasteiger partial charge in [-0.15, -0.1) is 11.8 Å². The molecule has 0 radical (unpaired) electrons. The molecule has 3 aromatic rings. The van der Waals surface area contributed by atoms with Gasteiger partial charge in [-0.05, 0) is 48.9 Å². The highest BCUT2D eigenvalue weighted by Crippen LogP contribution is 2.44. The van der Waals surface area contributed by atoms with Crippen LogP contribution in [-0.4, -0.2) is 35.7 Å². The summed E-state index contributed by atoms with van der Waals surface area (Å²) in [6, 6.07) is 15.6. The third-order valence-corrected chi connectivity index (χ3v) is 5.99. The van der Waals surface area contributed by atoms with Gasteiger partial charge in [0.05, 0.1) is 36.6 Å². The van der Waals surface area contributed by atoms with E-state index in [4.69, 9.17) is 14.6 Å². The number of aryl methyl sites for hydroxylation is 1. The zero-order valence-corrected chi connectivity index (χ0v) is 16.7. The second-order valence-electron chi connectivity index (χ2n) is 6.47. The minimum Gasteiger partial charge on any atom is -0.497 e. The monoisotopic (exact) mass is 395 g/mol. The van der Waals surface area contributed by atoms with Crippen LogP contribution in [0.2, 0.25) is 0 Å². The molecule has 2 aromatic carbocycles. The molecule has 28 heavy (non-hydrogen) atoms. The number of carbonyl (C=O) groups is 1. The Morgan fingerprint density at radius 1 is 1.11 bits per heavy atom. The first-order chi connectivity index (χ1) is 13.6. The second kappa shape index (κ2) is 7.59. The van der Waals surface area contributed by atoms with Gasteiger partial charge in [0.1, 0.15) is 17.3 Å². The Labute approximate surface area is 167 Å². The molecule has 1 aliphatic rings. The summed E-state index contributed by atoms with van der Waals surface area (Å²) in [4.78, 5) is 12.4. The van der Waals surface area contributed by atoms with E-state index < -0.39 is 0 Å². The lowest BCUT2D eigenvalue weighted by molar-refractivity contribution is -0.113. The third kappa shape index (κ3) is 3.33. The van der Waals surface area contributed by atoms with E-state index in [-0.39, 0.29) is 11.2 Å². The number of thioether (sulfide) groups is 1. The Balaban J connectivity index is 1.84. The van der Waals surface area contributed by atoms with Crippen LogP contribution in [0.25, 0.3) is 5.69 Å². The molecule has 2 heterocycles. The average molecular weight is 395 g/mol. The third-order valence-electron chi connectivity index (χ3n) is 4.72. The van der Waals surface area contributed by atoms with Crippen molar-refractivity contribution in [2.45, 2.75) is 12.2 Å². The molecule has 7 heteroatoms. The van der Waals surface area contributed by atoms with Gasteiger partial charge in [0.2, 0.25) is 5.91 Å². The quantitative estimate of drug-likeness (QED) is 0.724. The number of ether oxygens (including phenoxy) is 2. The number of amides is 1. The number of aromatic nitrogens is 2. The Bertz CT molecular complexity index is 1010. The molecule has 4 rings (SSSR count). The number of nitrogens with one attached hydrogen (secondary N) is 1. The SMILES string of the molecule is COc1ccc(-n2nc(C)c3c2NC(=O)CSC3c2cccc(OC)c2)cc1. The van der Waals surface area contributed by atoms with Crippen LogP contribution in [0, 0.1) is 6.92 Å². The highest BCUT2D eigenvalue weighted by Gasteiger charge is 2.30. The summed E-state index contributed by atoms with van der Waals surface area (Å²) in [7, 11) is 3.29. The molecule has 1 unspecified atom stereocenters. The molecule has 0 bridgehead atoms. The first-order valence-corrected chi connectivity index (χ1v) is 9.95. The van der Waals surface area contributed by atoms with Crippen LogP contribution in [-0.2, 0) is 4.79 Å². The van der Waals surface area contributed by atoms with Crippen molar-refractivity contribution in [2.24, 2.45) is 0 Å². The fraction of sp³-hybridized carbons (Fsp3) is 0.238. The standard InChI is InChI=1S/C21H21N3O3S/c1-13-19-20(14-5-4-6-17(11-14)27-3)28-12-18(25)22-21(19)24(23-13)15-7-9-16(26-2)10-8-15/h4-11,20H,12H2,1-3H3,(H,22,25). The highest BCUT2D eigenvalue weighted by atomic mass is 32.2. The van der Waals surface area contributed by atoms with Crippen LogP contribution in [0.1, 0.15) is 22.1 Å². The molecule has 0 aliphatic carbocycles. The molecule has 0 spiro atoms. The largest absolute Gasteiger partial charge is 0.497 e. The van der Waals surface area contributed by atoms with Crippen molar-refractivity contribution in [3.8, 4) is 17.2 Å². The zero-order chi connectivity index (χ0) is 19.7. The molecule has 0 saturated carbocycles. The summed E-state index contributed by atoms with van der Waals surface area (Å²) < 4.78 is 12.4. The van der Waals surface area contributed by atoms with E-state index in [1.54, 1.807) is 30.7 Å². The maximum absolute atomic E-state index is 12.4. The predicted molar refractivity (Wildman–Crippen MR) is 111 cm³/mol. The van der Waals surface area contributed by atoms with E-state index in [0.717, 1.165) is 34.0 Å². The number of hydrogen-bond acceptors (Lipinski definition) is 5. The van der Waals surface area contributed by atoms with Crippen molar-refractivity contribution < 1.29 is 14.3 Å². The van der Waals surface area contributed by atoms with E-state index in [0.29, 0.717) is 11.6 Å². The number of hydrogen-bond donors (Lipinski definition) is 1. The number of nitrogens with zero attached hydrogens (tertiary/aromatic N) is 2. The lowest BCUT2D eigenvalue weighted by atomic mass is 10.0. The summed E-state index contributed by atoms with van der Waals surface area (Å²) in [5.41, 5.74) is 3.84. The van der Waals surface area contributed by atoms with E-state index in [2.05, 4.69) is 11.4 Å². The van der Waals surface area contributed by atoms with Crippen molar-refractivity contribution in [3.63, 3.8) is 0 Å². The summed E-state index contributed by atoms with van der Waals surface area (Å²) >= 11 is 1.59. The zero-order valence-electron chi connectivity index (χ0n) is 15.9. The van der Waals surface area contributed by atoms with Crippen molar-refractivity contribution in [1.29, 1.82) is 0 Å². The van der Waals surface area contributed by atoms with Crippen molar-refractivity contribution in [3.05, 3.63) is 65.4 Å². The van der Waals surface area contributed by atoms with Crippen LogP contribution >= 0.6 is 11.8 Å². The molecule has 1 N–H and O–H groups in total. The number of fused-ring (bicyclic) bond motifs is 1. The van der Waals surface area contributed by atoms with Crippen molar-refractivity contribution >= 4 is 23.5 Å². The molecular weight excluding hydrogens is 374 g/mol. The molecule has 1 aromatic heterocycles. The van der Waals surface area contributed by atoms with Gasteiger partial charge in [-0.25, -0.2) is 4.68 Å². The second-order valence-corrected chi connectivity index (χ2v) is 7.57. The number of rotatable bonds is 4. The molecule has 0 fully saturated rings. The lowest BCUT2D eigenvalue weighted by Crippen LogP contribution is -2.15. The van der Waals surface area contributed by atoms with Crippen LogP contribution in [0.5, 0.6) is 11.5 Å². The van der Waals surface area contributed by atoms with Gasteiger partial charge < -0.3 is 14.8 Å². The van der Waals surface area contributed by atoms with Crippen molar-refractivity contribution in [1.82, 2.24) is 9.78 Å². The smallest absolute Gasteiger partial charge is 0.235 e. The fourth-order valence-electron chi connectivity index (χ4n) is 3.36. The summed E-state index contributed by atoms with van der Waals surface area (Å²) in [5, 5.41) is 7.76. The van der Waals surface area contributed by atoms with Gasteiger partial charge in [-0.1, -0.05) is 12.1 Å². The molecule has 1 atom stereocenters. The topological polar surface area (TPSA) is 65.4 Å². The Hall–Kier alpha value is -2.93. The number of carbonyl (C=O) groups excluding carboxylic acids is 1. The first-order valence-electron chi connectivity index (χ1n) is 8.90. The van der Waals surface area contributed by atoms with Crippen LogP contribution in [0.4, 0.5) is 5.82 Å². The lowest BCUT2D eigenvalue weighted by Gasteiger charge is -2.16. The molecule has 1 aliphatic heterocycles. The Kier molecular flexibility index (Phi) is 5.00. The molecular formula is C21H21N3O3S. The van der Waals surface area contributed by atoms with Gasteiger partial charge in [0, 0.05) is 5.56 Å². The normalized spacial score (nSPS) is 16.1. The van der Waals surface area contributed by atoms with Gasteiger partial charge in [-0.2, -0.15) is 5.10 Å². The fourth-order valence-corrected chi connectivity index (χ4v) is 4.54. The van der Waals surface area contributed by atoms with Gasteiger partial charge in [-0.3, -0.25) is 4.79 Å². The number of anilines is 1. The molecule has 144 valence electrons.